The molecule has 0 fully saturated rings. The molecule has 3 atom stereocenters. The number of amides is 1. The lowest BCUT2D eigenvalue weighted by molar-refractivity contribution is -0.151. The van der Waals surface area contributed by atoms with E-state index in [1.54, 1.807) is 0 Å². The Hall–Kier alpha value is -1.66. The highest BCUT2D eigenvalue weighted by Crippen LogP contribution is 2.17. The number of unbranched alkanes of at least 4 members (excludes halogenated alkanes) is 27. The lowest BCUT2D eigenvalue weighted by atomic mass is 10.0. The molecule has 0 aliphatic rings. The fourth-order valence-electron chi connectivity index (χ4n) is 7.31. The van der Waals surface area contributed by atoms with Gasteiger partial charge < -0.3 is 20.3 Å². The van der Waals surface area contributed by atoms with Gasteiger partial charge in [0.1, 0.15) is 6.10 Å². The normalized spacial score (nSPS) is 13.5. The molecule has 3 N–H and O–H groups in total. The Morgan fingerprint density at radius 2 is 0.909 bits per heavy atom. The molecular formula is C49H93NO5. The van der Waals surface area contributed by atoms with E-state index in [0.29, 0.717) is 19.3 Å². The van der Waals surface area contributed by atoms with E-state index in [9.17, 15) is 19.8 Å². The summed E-state index contributed by atoms with van der Waals surface area (Å²) in [5.41, 5.74) is 0. The minimum Gasteiger partial charge on any atom is -0.462 e. The van der Waals surface area contributed by atoms with Gasteiger partial charge in [0.25, 0.3) is 0 Å². The highest BCUT2D eigenvalue weighted by molar-refractivity contribution is 5.77. The number of hydrogen-bond donors (Lipinski definition) is 3. The highest BCUT2D eigenvalue weighted by atomic mass is 16.5. The van der Waals surface area contributed by atoms with E-state index in [2.05, 4.69) is 50.4 Å². The van der Waals surface area contributed by atoms with Crippen molar-refractivity contribution in [3.05, 3.63) is 24.3 Å². The third-order valence-corrected chi connectivity index (χ3v) is 11.0. The maximum atomic E-state index is 13.1. The monoisotopic (exact) mass is 776 g/mol. The van der Waals surface area contributed by atoms with Crippen LogP contribution in [0, 0.1) is 0 Å². The summed E-state index contributed by atoms with van der Waals surface area (Å²) in [6.45, 7) is 6.40. The van der Waals surface area contributed by atoms with Gasteiger partial charge in [-0.05, 0) is 70.6 Å². The molecule has 0 spiro atoms. The van der Waals surface area contributed by atoms with E-state index in [0.717, 1.165) is 77.0 Å². The van der Waals surface area contributed by atoms with Crippen LogP contribution in [0.15, 0.2) is 24.3 Å². The molecule has 0 bridgehead atoms. The van der Waals surface area contributed by atoms with Crippen LogP contribution in [-0.4, -0.2) is 46.9 Å². The molecule has 55 heavy (non-hydrogen) atoms. The second-order valence-corrected chi connectivity index (χ2v) is 16.5. The van der Waals surface area contributed by atoms with Gasteiger partial charge in [0.15, 0.2) is 0 Å². The molecule has 0 rings (SSSR count). The molecule has 0 saturated heterocycles. The summed E-state index contributed by atoms with van der Waals surface area (Å²) in [6.07, 6.45) is 48.2. The third kappa shape index (κ3) is 39.0. The first-order valence-electron chi connectivity index (χ1n) is 24.1. The topological polar surface area (TPSA) is 95.9 Å². The number of allylic oxidation sites excluding steroid dienone is 4. The molecule has 6 nitrogen and oxygen atoms in total. The quantitative estimate of drug-likeness (QED) is 0.0326. The number of nitrogens with one attached hydrogen (secondary N) is 1. The van der Waals surface area contributed by atoms with Crippen LogP contribution in [-0.2, 0) is 14.3 Å². The number of carbonyl (C=O) groups is 2. The average Bonchev–Trinajstić information content (AvgIpc) is 3.18. The Morgan fingerprint density at radius 1 is 0.509 bits per heavy atom. The second kappa shape index (κ2) is 43.5. The Kier molecular flexibility index (Phi) is 42.2. The van der Waals surface area contributed by atoms with Gasteiger partial charge in [-0.25, -0.2) is 0 Å². The number of rotatable bonds is 43. The van der Waals surface area contributed by atoms with E-state index < -0.39 is 18.2 Å². The molecular weight excluding hydrogens is 683 g/mol. The second-order valence-electron chi connectivity index (χ2n) is 16.5. The zero-order valence-electron chi connectivity index (χ0n) is 36.8. The fraction of sp³-hybridized carbons (Fsp3) is 0.878. The Bertz CT molecular complexity index is 873. The lowest BCUT2D eigenvalue weighted by Gasteiger charge is -2.24. The van der Waals surface area contributed by atoms with Gasteiger partial charge in [0.05, 0.1) is 25.2 Å². The predicted octanol–water partition coefficient (Wildman–Crippen LogP) is 14.0. The number of esters is 1. The molecule has 0 aliphatic carbocycles. The summed E-state index contributed by atoms with van der Waals surface area (Å²) in [4.78, 5) is 25.9. The predicted molar refractivity (Wildman–Crippen MR) is 236 cm³/mol. The number of ether oxygens (including phenoxy) is 1. The SMILES string of the molecule is CCC/C=C\CCCCCC(CC(=O)NC(CO)C(O)CCCCCCCCCCCCCCCC)OC(=O)CCCCC/C=C\CCCCCCCCC. The van der Waals surface area contributed by atoms with Gasteiger partial charge in [0.2, 0.25) is 5.91 Å². The number of carbonyl (C=O) groups excluding carboxylic acids is 2. The maximum Gasteiger partial charge on any atom is 0.306 e. The first kappa shape index (κ1) is 53.3. The summed E-state index contributed by atoms with van der Waals surface area (Å²) >= 11 is 0. The molecule has 324 valence electrons. The average molecular weight is 776 g/mol. The first-order chi connectivity index (χ1) is 27.0. The Labute approximate surface area is 341 Å². The molecule has 3 unspecified atom stereocenters. The fourth-order valence-corrected chi connectivity index (χ4v) is 7.31. The summed E-state index contributed by atoms with van der Waals surface area (Å²) in [5, 5.41) is 23.6. The number of aliphatic hydroxyl groups is 2. The summed E-state index contributed by atoms with van der Waals surface area (Å²) in [7, 11) is 0. The van der Waals surface area contributed by atoms with Gasteiger partial charge in [-0.3, -0.25) is 9.59 Å². The van der Waals surface area contributed by atoms with Crippen molar-refractivity contribution < 1.29 is 24.5 Å². The minimum absolute atomic E-state index is 0.0632. The van der Waals surface area contributed by atoms with Crippen LogP contribution in [0.3, 0.4) is 0 Å². The maximum absolute atomic E-state index is 13.1. The van der Waals surface area contributed by atoms with E-state index in [4.69, 9.17) is 4.74 Å². The zero-order valence-corrected chi connectivity index (χ0v) is 36.8. The van der Waals surface area contributed by atoms with Crippen molar-refractivity contribution in [1.29, 1.82) is 0 Å². The zero-order chi connectivity index (χ0) is 40.3. The molecule has 0 radical (unpaired) electrons. The molecule has 0 saturated carbocycles. The van der Waals surface area contributed by atoms with E-state index in [1.807, 2.05) is 0 Å². The van der Waals surface area contributed by atoms with Gasteiger partial charge in [-0.1, -0.05) is 193 Å². The molecule has 0 aliphatic heterocycles. The highest BCUT2D eigenvalue weighted by Gasteiger charge is 2.24. The summed E-state index contributed by atoms with van der Waals surface area (Å²) < 4.78 is 5.87. The van der Waals surface area contributed by atoms with Crippen LogP contribution in [0.2, 0.25) is 0 Å². The van der Waals surface area contributed by atoms with Crippen molar-refractivity contribution in [3.63, 3.8) is 0 Å². The summed E-state index contributed by atoms with van der Waals surface area (Å²) in [6, 6.07) is -0.703. The molecule has 0 aromatic heterocycles. The molecule has 0 heterocycles. The molecule has 6 heteroatoms. The Morgan fingerprint density at radius 3 is 1.38 bits per heavy atom. The van der Waals surface area contributed by atoms with Crippen LogP contribution in [0.4, 0.5) is 0 Å². The van der Waals surface area contributed by atoms with Crippen molar-refractivity contribution >= 4 is 11.9 Å². The Balaban J connectivity index is 4.46. The van der Waals surface area contributed by atoms with Gasteiger partial charge >= 0.3 is 5.97 Å². The van der Waals surface area contributed by atoms with Crippen LogP contribution in [0.5, 0.6) is 0 Å². The lowest BCUT2D eigenvalue weighted by Crippen LogP contribution is -2.46. The molecule has 1 amide bonds. The summed E-state index contributed by atoms with van der Waals surface area (Å²) in [5.74, 6) is -0.506. The third-order valence-electron chi connectivity index (χ3n) is 11.0. The minimum atomic E-state index is -0.789. The molecule has 0 aromatic rings. The van der Waals surface area contributed by atoms with Crippen molar-refractivity contribution in [2.24, 2.45) is 0 Å². The van der Waals surface area contributed by atoms with Gasteiger partial charge in [0, 0.05) is 6.42 Å². The van der Waals surface area contributed by atoms with E-state index in [-0.39, 0.29) is 24.9 Å². The van der Waals surface area contributed by atoms with E-state index in [1.165, 1.54) is 128 Å². The van der Waals surface area contributed by atoms with Crippen molar-refractivity contribution in [1.82, 2.24) is 5.32 Å². The van der Waals surface area contributed by atoms with Crippen LogP contribution in [0.1, 0.15) is 252 Å². The first-order valence-corrected chi connectivity index (χ1v) is 24.1. The van der Waals surface area contributed by atoms with Crippen molar-refractivity contribution in [2.45, 2.75) is 270 Å². The van der Waals surface area contributed by atoms with Crippen LogP contribution < -0.4 is 5.32 Å². The van der Waals surface area contributed by atoms with Crippen LogP contribution in [0.25, 0.3) is 0 Å². The smallest absolute Gasteiger partial charge is 0.306 e. The standard InChI is InChI=1S/C49H93NO5/c1-4-7-10-13-16-19-21-23-25-27-29-32-35-38-41-47(52)46(44-51)50-48(53)43-45(40-37-34-31-18-15-12-9-6-3)55-49(54)42-39-36-33-30-28-26-24-22-20-17-14-11-8-5-2/h12,15,26,28,45-47,51-52H,4-11,13-14,16-25,27,29-44H2,1-3H3,(H,50,53)/b15-12-,28-26-. The largest absolute Gasteiger partial charge is 0.462 e. The van der Waals surface area contributed by atoms with Gasteiger partial charge in [-0.15, -0.1) is 0 Å². The molecule has 0 aromatic carbocycles. The van der Waals surface area contributed by atoms with Crippen molar-refractivity contribution in [3.8, 4) is 0 Å². The van der Waals surface area contributed by atoms with Crippen molar-refractivity contribution in [2.75, 3.05) is 6.61 Å². The number of hydrogen-bond acceptors (Lipinski definition) is 5. The number of aliphatic hydroxyl groups excluding tert-OH is 2. The van der Waals surface area contributed by atoms with Gasteiger partial charge in [-0.2, -0.15) is 0 Å². The van der Waals surface area contributed by atoms with E-state index >= 15 is 0 Å². The van der Waals surface area contributed by atoms with Crippen LogP contribution >= 0.6 is 0 Å².